The SMILES string of the molecule is Cl.Oc1ccc(Nc2ncncc2C#Cc2ccccc2)cc1. The van der Waals surface area contributed by atoms with Gasteiger partial charge in [-0.3, -0.25) is 0 Å². The zero-order valence-corrected chi connectivity index (χ0v) is 12.9. The molecule has 5 heteroatoms. The van der Waals surface area contributed by atoms with Crippen molar-refractivity contribution in [1.82, 2.24) is 9.97 Å². The number of benzene rings is 2. The number of phenols is 1. The van der Waals surface area contributed by atoms with E-state index in [-0.39, 0.29) is 18.2 Å². The van der Waals surface area contributed by atoms with Gasteiger partial charge in [0.05, 0.1) is 5.56 Å². The smallest absolute Gasteiger partial charge is 0.149 e. The summed E-state index contributed by atoms with van der Waals surface area (Å²) < 4.78 is 0. The summed E-state index contributed by atoms with van der Waals surface area (Å²) >= 11 is 0. The molecule has 0 radical (unpaired) electrons. The van der Waals surface area contributed by atoms with Gasteiger partial charge in [-0.05, 0) is 36.4 Å². The molecule has 0 bridgehead atoms. The van der Waals surface area contributed by atoms with E-state index in [0.29, 0.717) is 11.4 Å². The lowest BCUT2D eigenvalue weighted by Crippen LogP contribution is -1.97. The highest BCUT2D eigenvalue weighted by Gasteiger charge is 2.02. The summed E-state index contributed by atoms with van der Waals surface area (Å²) in [6.45, 7) is 0. The molecule has 4 nitrogen and oxygen atoms in total. The van der Waals surface area contributed by atoms with E-state index in [9.17, 15) is 5.11 Å². The van der Waals surface area contributed by atoms with Crippen LogP contribution in [0, 0.1) is 11.8 Å². The van der Waals surface area contributed by atoms with Crippen molar-refractivity contribution in [2.24, 2.45) is 0 Å². The first-order chi connectivity index (χ1) is 10.8. The Balaban J connectivity index is 0.00000192. The molecule has 0 saturated heterocycles. The molecule has 0 fully saturated rings. The molecule has 2 aromatic carbocycles. The molecule has 2 N–H and O–H groups in total. The Morgan fingerprint density at radius 3 is 2.39 bits per heavy atom. The lowest BCUT2D eigenvalue weighted by atomic mass is 10.2. The average molecular weight is 324 g/mol. The number of hydrogen-bond donors (Lipinski definition) is 2. The summed E-state index contributed by atoms with van der Waals surface area (Å²) in [5, 5.41) is 12.5. The molecule has 114 valence electrons. The van der Waals surface area contributed by atoms with Gasteiger partial charge in [-0.15, -0.1) is 12.4 Å². The number of nitrogens with zero attached hydrogens (tertiary/aromatic N) is 2. The Kier molecular flexibility index (Phi) is 5.56. The van der Waals surface area contributed by atoms with Crippen molar-refractivity contribution in [3.63, 3.8) is 0 Å². The second-order valence-electron chi connectivity index (χ2n) is 4.57. The summed E-state index contributed by atoms with van der Waals surface area (Å²) in [5.41, 5.74) is 2.46. The van der Waals surface area contributed by atoms with Gasteiger partial charge in [0.15, 0.2) is 0 Å². The number of rotatable bonds is 2. The first-order valence-electron chi connectivity index (χ1n) is 6.74. The third-order valence-electron chi connectivity index (χ3n) is 2.96. The molecule has 0 spiro atoms. The summed E-state index contributed by atoms with van der Waals surface area (Å²) in [7, 11) is 0. The van der Waals surface area contributed by atoms with Gasteiger partial charge in [0.1, 0.15) is 17.9 Å². The molecule has 0 atom stereocenters. The Hall–Kier alpha value is -3.03. The van der Waals surface area contributed by atoms with Crippen molar-refractivity contribution in [3.05, 3.63) is 78.2 Å². The van der Waals surface area contributed by atoms with Crippen LogP contribution in [0.2, 0.25) is 0 Å². The quantitative estimate of drug-likeness (QED) is 0.557. The minimum atomic E-state index is 0. The van der Waals surface area contributed by atoms with E-state index in [0.717, 1.165) is 11.3 Å². The molecule has 1 aromatic heterocycles. The predicted octanol–water partition coefficient (Wildman–Crippen LogP) is 3.75. The van der Waals surface area contributed by atoms with Gasteiger partial charge in [0.25, 0.3) is 0 Å². The van der Waals surface area contributed by atoms with Crippen LogP contribution >= 0.6 is 12.4 Å². The topological polar surface area (TPSA) is 58.0 Å². The number of phenolic OH excluding ortho intramolecular Hbond substituents is 1. The highest BCUT2D eigenvalue weighted by molar-refractivity contribution is 5.85. The Morgan fingerprint density at radius 1 is 0.913 bits per heavy atom. The van der Waals surface area contributed by atoms with E-state index in [1.807, 2.05) is 30.3 Å². The molecule has 0 amide bonds. The summed E-state index contributed by atoms with van der Waals surface area (Å²) in [5.74, 6) is 7.01. The minimum Gasteiger partial charge on any atom is -0.508 e. The van der Waals surface area contributed by atoms with E-state index in [2.05, 4.69) is 27.1 Å². The molecule has 3 rings (SSSR count). The van der Waals surface area contributed by atoms with E-state index in [1.54, 1.807) is 30.5 Å². The lowest BCUT2D eigenvalue weighted by Gasteiger charge is -2.06. The van der Waals surface area contributed by atoms with E-state index >= 15 is 0 Å². The molecular formula is C18H14ClN3O. The maximum absolute atomic E-state index is 9.31. The fraction of sp³-hybridized carbons (Fsp3) is 0. The standard InChI is InChI=1S/C18H13N3O.ClH/c22-17-10-8-16(9-11-17)21-18-15(12-19-13-20-18)7-6-14-4-2-1-3-5-14;/h1-5,8-13,22H,(H,19,20,21);1H. The maximum atomic E-state index is 9.31. The van der Waals surface area contributed by atoms with Crippen molar-refractivity contribution in [3.8, 4) is 17.6 Å². The number of anilines is 2. The highest BCUT2D eigenvalue weighted by atomic mass is 35.5. The summed E-state index contributed by atoms with van der Waals surface area (Å²) in [4.78, 5) is 8.24. The van der Waals surface area contributed by atoms with Crippen LogP contribution in [-0.2, 0) is 0 Å². The highest BCUT2D eigenvalue weighted by Crippen LogP contribution is 2.19. The first kappa shape index (κ1) is 16.3. The molecular weight excluding hydrogens is 310 g/mol. The number of hydrogen-bond acceptors (Lipinski definition) is 4. The third kappa shape index (κ3) is 4.47. The van der Waals surface area contributed by atoms with Crippen LogP contribution in [0.5, 0.6) is 5.75 Å². The first-order valence-corrected chi connectivity index (χ1v) is 6.74. The number of nitrogens with one attached hydrogen (secondary N) is 1. The second-order valence-corrected chi connectivity index (χ2v) is 4.57. The number of aromatic nitrogens is 2. The molecule has 3 aromatic rings. The molecule has 23 heavy (non-hydrogen) atoms. The van der Waals surface area contributed by atoms with Crippen LogP contribution in [0.1, 0.15) is 11.1 Å². The van der Waals surface area contributed by atoms with Crippen LogP contribution in [0.15, 0.2) is 67.1 Å². The molecule has 0 saturated carbocycles. The van der Waals surface area contributed by atoms with Gasteiger partial charge in [0.2, 0.25) is 0 Å². The van der Waals surface area contributed by atoms with Gasteiger partial charge in [-0.2, -0.15) is 0 Å². The van der Waals surface area contributed by atoms with Gasteiger partial charge < -0.3 is 10.4 Å². The van der Waals surface area contributed by atoms with Gasteiger partial charge in [-0.25, -0.2) is 9.97 Å². The normalized spacial score (nSPS) is 9.22. The zero-order valence-electron chi connectivity index (χ0n) is 12.1. The molecule has 1 heterocycles. The Bertz CT molecular complexity index is 824. The van der Waals surface area contributed by atoms with E-state index in [1.165, 1.54) is 6.33 Å². The zero-order chi connectivity index (χ0) is 15.2. The molecule has 0 unspecified atom stereocenters. The van der Waals surface area contributed by atoms with Crippen LogP contribution in [0.25, 0.3) is 0 Å². The lowest BCUT2D eigenvalue weighted by molar-refractivity contribution is 0.475. The molecule has 0 aliphatic rings. The van der Waals surface area contributed by atoms with Crippen molar-refractivity contribution < 1.29 is 5.11 Å². The number of aromatic hydroxyl groups is 1. The summed E-state index contributed by atoms with van der Waals surface area (Å²) in [6, 6.07) is 16.5. The fourth-order valence-electron chi connectivity index (χ4n) is 1.86. The van der Waals surface area contributed by atoms with Crippen molar-refractivity contribution in [2.75, 3.05) is 5.32 Å². The Morgan fingerprint density at radius 2 is 1.65 bits per heavy atom. The number of halogens is 1. The minimum absolute atomic E-state index is 0. The second kappa shape index (κ2) is 7.83. The van der Waals surface area contributed by atoms with Crippen LogP contribution in [0.3, 0.4) is 0 Å². The average Bonchev–Trinajstić information content (AvgIpc) is 2.57. The largest absolute Gasteiger partial charge is 0.508 e. The molecule has 0 aliphatic heterocycles. The summed E-state index contributed by atoms with van der Waals surface area (Å²) in [6.07, 6.45) is 3.14. The fourth-order valence-corrected chi connectivity index (χ4v) is 1.86. The van der Waals surface area contributed by atoms with Crippen LogP contribution in [0.4, 0.5) is 11.5 Å². The van der Waals surface area contributed by atoms with E-state index < -0.39 is 0 Å². The van der Waals surface area contributed by atoms with Gasteiger partial charge in [0, 0.05) is 17.4 Å². The van der Waals surface area contributed by atoms with Crippen LogP contribution in [-0.4, -0.2) is 15.1 Å². The van der Waals surface area contributed by atoms with Crippen molar-refractivity contribution >= 4 is 23.9 Å². The monoisotopic (exact) mass is 323 g/mol. The van der Waals surface area contributed by atoms with Crippen molar-refractivity contribution in [1.29, 1.82) is 0 Å². The van der Waals surface area contributed by atoms with Crippen molar-refractivity contribution in [2.45, 2.75) is 0 Å². The maximum Gasteiger partial charge on any atom is 0.149 e. The van der Waals surface area contributed by atoms with E-state index in [4.69, 9.17) is 0 Å². The van der Waals surface area contributed by atoms with Gasteiger partial charge >= 0.3 is 0 Å². The van der Waals surface area contributed by atoms with Gasteiger partial charge in [-0.1, -0.05) is 30.0 Å². The molecule has 0 aliphatic carbocycles. The Labute approximate surface area is 140 Å². The predicted molar refractivity (Wildman–Crippen MR) is 93.1 cm³/mol. The van der Waals surface area contributed by atoms with Crippen LogP contribution < -0.4 is 5.32 Å². The third-order valence-corrected chi connectivity index (χ3v) is 2.96.